The molecule has 2 rings (SSSR count). The molecule has 140 valence electrons. The van der Waals surface area contributed by atoms with Crippen molar-refractivity contribution in [2.75, 3.05) is 11.9 Å². The van der Waals surface area contributed by atoms with Crippen LogP contribution in [0.2, 0.25) is 0 Å². The summed E-state index contributed by atoms with van der Waals surface area (Å²) in [4.78, 5) is -0.0640. The Morgan fingerprint density at radius 2 is 1.76 bits per heavy atom. The third-order valence-electron chi connectivity index (χ3n) is 3.61. The van der Waals surface area contributed by atoms with Crippen molar-refractivity contribution in [2.24, 2.45) is 5.14 Å². The highest BCUT2D eigenvalue weighted by Crippen LogP contribution is 2.20. The van der Waals surface area contributed by atoms with Gasteiger partial charge in [0.2, 0.25) is 10.0 Å². The molecular weight excluding hydrogens is 374 g/mol. The van der Waals surface area contributed by atoms with E-state index >= 15 is 0 Å². The molecule has 5 atom stereocenters. The van der Waals surface area contributed by atoms with Crippen LogP contribution in [0.5, 0.6) is 0 Å². The molecule has 1 heterocycles. The van der Waals surface area contributed by atoms with Crippen LogP contribution >= 0.6 is 12.2 Å². The zero-order valence-corrected chi connectivity index (χ0v) is 14.4. The highest BCUT2D eigenvalue weighted by atomic mass is 32.2. The number of aliphatic hydroxyl groups is 4. The van der Waals surface area contributed by atoms with Crippen molar-refractivity contribution in [3.05, 3.63) is 24.3 Å². The van der Waals surface area contributed by atoms with Gasteiger partial charge in [0.25, 0.3) is 0 Å². The van der Waals surface area contributed by atoms with Crippen LogP contribution in [-0.2, 0) is 14.8 Å². The van der Waals surface area contributed by atoms with E-state index in [1.165, 1.54) is 24.3 Å². The van der Waals surface area contributed by atoms with E-state index in [1.807, 2.05) is 0 Å². The SMILES string of the molecule is NS(=O)(=O)c1ccc(NC(=S)N[C@@H]2O[C@H](CO)[C@H](O)[C@H](O)[C@H]2O)cc1. The van der Waals surface area contributed by atoms with E-state index in [-0.39, 0.29) is 10.0 Å². The number of hydrogen-bond donors (Lipinski definition) is 7. The summed E-state index contributed by atoms with van der Waals surface area (Å²) >= 11 is 5.06. The van der Waals surface area contributed by atoms with Gasteiger partial charge in [0.1, 0.15) is 24.4 Å². The molecule has 0 spiro atoms. The Hall–Kier alpha value is -1.38. The molecule has 0 amide bonds. The number of nitrogens with one attached hydrogen (secondary N) is 2. The molecule has 0 unspecified atom stereocenters. The maximum atomic E-state index is 11.2. The molecule has 0 saturated carbocycles. The summed E-state index contributed by atoms with van der Waals surface area (Å²) in [6.45, 7) is -0.557. The zero-order valence-electron chi connectivity index (χ0n) is 12.8. The average molecular weight is 393 g/mol. The van der Waals surface area contributed by atoms with Crippen LogP contribution in [0.3, 0.4) is 0 Å². The minimum atomic E-state index is -3.80. The summed E-state index contributed by atoms with van der Waals surface area (Å²) in [6, 6.07) is 5.43. The zero-order chi connectivity index (χ0) is 18.8. The van der Waals surface area contributed by atoms with Crippen LogP contribution in [-0.4, -0.2) is 71.2 Å². The third kappa shape index (κ3) is 4.83. The second-order valence-electron chi connectivity index (χ2n) is 5.42. The lowest BCUT2D eigenvalue weighted by atomic mass is 9.98. The first-order chi connectivity index (χ1) is 11.6. The molecule has 0 aliphatic carbocycles. The van der Waals surface area contributed by atoms with Crippen LogP contribution in [0.4, 0.5) is 5.69 Å². The first-order valence-corrected chi connectivity index (χ1v) is 9.10. The molecule has 1 aliphatic rings. The predicted molar refractivity (Wildman–Crippen MR) is 90.9 cm³/mol. The summed E-state index contributed by atoms with van der Waals surface area (Å²) in [7, 11) is -3.80. The van der Waals surface area contributed by atoms with Crippen molar-refractivity contribution in [3.8, 4) is 0 Å². The van der Waals surface area contributed by atoms with E-state index in [2.05, 4.69) is 10.6 Å². The lowest BCUT2D eigenvalue weighted by Crippen LogP contribution is -2.63. The van der Waals surface area contributed by atoms with Gasteiger partial charge in [0.05, 0.1) is 11.5 Å². The molecule has 1 fully saturated rings. The minimum absolute atomic E-state index is 0.00712. The third-order valence-corrected chi connectivity index (χ3v) is 4.76. The summed E-state index contributed by atoms with van der Waals surface area (Å²) in [6.07, 6.45) is -6.71. The van der Waals surface area contributed by atoms with Crippen molar-refractivity contribution in [3.63, 3.8) is 0 Å². The predicted octanol–water partition coefficient (Wildman–Crippen LogP) is -2.58. The Morgan fingerprint density at radius 1 is 1.16 bits per heavy atom. The lowest BCUT2D eigenvalue weighted by molar-refractivity contribution is -0.232. The monoisotopic (exact) mass is 393 g/mol. The number of sulfonamides is 1. The number of anilines is 1. The smallest absolute Gasteiger partial charge is 0.238 e. The first kappa shape index (κ1) is 19.9. The Balaban J connectivity index is 1.99. The van der Waals surface area contributed by atoms with Gasteiger partial charge in [0.15, 0.2) is 11.3 Å². The Labute approximate surface area is 149 Å². The molecule has 1 aromatic carbocycles. The highest BCUT2D eigenvalue weighted by molar-refractivity contribution is 7.89. The summed E-state index contributed by atoms with van der Waals surface area (Å²) in [5.74, 6) is 0. The van der Waals surface area contributed by atoms with Gasteiger partial charge in [-0.05, 0) is 36.5 Å². The topological polar surface area (TPSA) is 174 Å². The van der Waals surface area contributed by atoms with Crippen molar-refractivity contribution < 1.29 is 33.6 Å². The van der Waals surface area contributed by atoms with Crippen molar-refractivity contribution in [1.29, 1.82) is 0 Å². The highest BCUT2D eigenvalue weighted by Gasteiger charge is 2.43. The fraction of sp³-hybridized carbons (Fsp3) is 0.462. The van der Waals surface area contributed by atoms with Crippen LogP contribution in [0, 0.1) is 0 Å². The van der Waals surface area contributed by atoms with Gasteiger partial charge in [-0.3, -0.25) is 0 Å². The lowest BCUT2D eigenvalue weighted by Gasteiger charge is -2.40. The molecule has 12 heteroatoms. The van der Waals surface area contributed by atoms with Crippen molar-refractivity contribution in [1.82, 2.24) is 5.32 Å². The number of rotatable bonds is 4. The van der Waals surface area contributed by atoms with Crippen molar-refractivity contribution >= 4 is 33.0 Å². The van der Waals surface area contributed by atoms with Gasteiger partial charge in [-0.25, -0.2) is 13.6 Å². The Bertz CT molecular complexity index is 711. The summed E-state index contributed by atoms with van der Waals surface area (Å²) < 4.78 is 27.6. The molecule has 25 heavy (non-hydrogen) atoms. The van der Waals surface area contributed by atoms with E-state index < -0.39 is 47.3 Å². The molecule has 0 aromatic heterocycles. The van der Waals surface area contributed by atoms with E-state index in [0.717, 1.165) is 0 Å². The molecule has 0 radical (unpaired) electrons. The molecule has 1 aromatic rings. The molecule has 0 bridgehead atoms. The minimum Gasteiger partial charge on any atom is -0.394 e. The van der Waals surface area contributed by atoms with Crippen LogP contribution < -0.4 is 15.8 Å². The molecule has 1 saturated heterocycles. The van der Waals surface area contributed by atoms with Crippen LogP contribution in [0.1, 0.15) is 0 Å². The fourth-order valence-electron chi connectivity index (χ4n) is 2.25. The second kappa shape index (κ2) is 7.88. The number of ether oxygens (including phenoxy) is 1. The van der Waals surface area contributed by atoms with E-state index in [1.54, 1.807) is 0 Å². The fourth-order valence-corrected chi connectivity index (χ4v) is 2.99. The maximum absolute atomic E-state index is 11.2. The first-order valence-electron chi connectivity index (χ1n) is 7.14. The molecule has 10 nitrogen and oxygen atoms in total. The van der Waals surface area contributed by atoms with Gasteiger partial charge in [-0.2, -0.15) is 0 Å². The van der Waals surface area contributed by atoms with E-state index in [0.29, 0.717) is 5.69 Å². The quantitative estimate of drug-likeness (QED) is 0.269. The second-order valence-corrected chi connectivity index (χ2v) is 7.39. The standard InChI is InChI=1S/C13H19N3O7S2/c14-25(21,22)7-3-1-6(2-4-7)15-13(24)16-12-11(20)10(19)9(18)8(5-17)23-12/h1-4,8-12,17-20H,5H2,(H2,14,21,22)(H2,15,16,24)/t8-,9+,10+,11-,12-/m1/s1. The van der Waals surface area contributed by atoms with Gasteiger partial charge in [0, 0.05) is 5.69 Å². The van der Waals surface area contributed by atoms with Gasteiger partial charge in [-0.15, -0.1) is 0 Å². The Kier molecular flexibility index (Phi) is 6.29. The van der Waals surface area contributed by atoms with Crippen molar-refractivity contribution in [2.45, 2.75) is 35.5 Å². The maximum Gasteiger partial charge on any atom is 0.238 e. The number of hydrogen-bond acceptors (Lipinski definition) is 8. The molecule has 8 N–H and O–H groups in total. The Morgan fingerprint density at radius 3 is 2.28 bits per heavy atom. The largest absolute Gasteiger partial charge is 0.394 e. The number of aliphatic hydroxyl groups excluding tert-OH is 4. The van der Waals surface area contributed by atoms with Gasteiger partial charge < -0.3 is 35.8 Å². The summed E-state index contributed by atoms with van der Waals surface area (Å²) in [5, 5.41) is 48.8. The van der Waals surface area contributed by atoms with Gasteiger partial charge in [-0.1, -0.05) is 0 Å². The van der Waals surface area contributed by atoms with Crippen LogP contribution in [0.15, 0.2) is 29.2 Å². The molecular formula is C13H19N3O7S2. The van der Waals surface area contributed by atoms with E-state index in [9.17, 15) is 23.7 Å². The number of primary sulfonamides is 1. The van der Waals surface area contributed by atoms with Crippen LogP contribution in [0.25, 0.3) is 0 Å². The molecule has 1 aliphatic heterocycles. The van der Waals surface area contributed by atoms with E-state index in [4.69, 9.17) is 27.2 Å². The average Bonchev–Trinajstić information content (AvgIpc) is 2.55. The van der Waals surface area contributed by atoms with Gasteiger partial charge >= 0.3 is 0 Å². The summed E-state index contributed by atoms with van der Waals surface area (Å²) in [5.41, 5.74) is 0.439. The normalized spacial score (nSPS) is 29.9. The number of nitrogens with two attached hydrogens (primary N) is 1. The number of thiocarbonyl (C=S) groups is 1. The number of benzene rings is 1.